The normalized spacial score (nSPS) is 11.8. The summed E-state index contributed by atoms with van der Waals surface area (Å²) in [6.45, 7) is 5.67. The zero-order valence-corrected chi connectivity index (χ0v) is 14.7. The van der Waals surface area contributed by atoms with Gasteiger partial charge < -0.3 is 0 Å². The number of aromatic amines is 1. The lowest BCUT2D eigenvalue weighted by molar-refractivity contribution is 0.731. The van der Waals surface area contributed by atoms with Gasteiger partial charge >= 0.3 is 0 Å². The lowest BCUT2D eigenvalue weighted by Crippen LogP contribution is -2.13. The second-order valence-corrected chi connectivity index (χ2v) is 6.69. The van der Waals surface area contributed by atoms with E-state index in [2.05, 4.69) is 43.8 Å². The summed E-state index contributed by atoms with van der Waals surface area (Å²) < 4.78 is 3.35. The molecule has 8 heteroatoms. The maximum atomic E-state index is 12.2. The van der Waals surface area contributed by atoms with Crippen molar-refractivity contribution in [1.29, 1.82) is 0 Å². The second kappa shape index (κ2) is 5.38. The third-order valence-electron chi connectivity index (χ3n) is 3.35. The van der Waals surface area contributed by atoms with Crippen LogP contribution < -0.4 is 5.56 Å². The van der Waals surface area contributed by atoms with Crippen molar-refractivity contribution in [3.63, 3.8) is 0 Å². The molecule has 0 fully saturated rings. The number of hydrogen-bond donors (Lipinski definition) is 1. The van der Waals surface area contributed by atoms with E-state index in [4.69, 9.17) is 0 Å². The van der Waals surface area contributed by atoms with E-state index in [1.165, 1.54) is 4.68 Å². The zero-order chi connectivity index (χ0) is 15.1. The van der Waals surface area contributed by atoms with E-state index >= 15 is 0 Å². The van der Waals surface area contributed by atoms with Gasteiger partial charge in [0.25, 0.3) is 5.56 Å². The fourth-order valence-corrected chi connectivity index (χ4v) is 3.90. The van der Waals surface area contributed by atoms with Crippen molar-refractivity contribution >= 4 is 45.4 Å². The monoisotopic (exact) mass is 413 g/mol. The first-order valence-corrected chi connectivity index (χ1v) is 10.3. The van der Waals surface area contributed by atoms with Gasteiger partial charge in [0.05, 0.1) is 35.0 Å². The maximum absolute atomic E-state index is 12.2. The number of fused-ring (bicyclic) bond motifs is 1. The Morgan fingerprint density at radius 2 is 2.29 bits per heavy atom. The second-order valence-electron chi connectivity index (χ2n) is 4.65. The highest BCUT2D eigenvalue weighted by Gasteiger charge is 2.16. The Labute approximate surface area is 135 Å². The summed E-state index contributed by atoms with van der Waals surface area (Å²) in [5, 5.41) is 8.43. The summed E-state index contributed by atoms with van der Waals surface area (Å²) in [6, 6.07) is 1.91. The molecule has 0 amide bonds. The molecule has 3 aromatic heterocycles. The number of rotatable bonds is 3. The number of halogens is 1. The van der Waals surface area contributed by atoms with Gasteiger partial charge in [-0.3, -0.25) is 19.6 Å². The molecule has 3 aromatic rings. The first-order chi connectivity index (χ1) is 10.1. The SMILES string of the molecule is C=Cc1nn(PI)c2cnc(-c3c(C)[nH]n(C)c3=O)cc12. The van der Waals surface area contributed by atoms with Gasteiger partial charge in [0.15, 0.2) is 0 Å². The summed E-state index contributed by atoms with van der Waals surface area (Å²) in [6.07, 6.45) is 3.98. The molecule has 1 N–H and O–H groups in total. The summed E-state index contributed by atoms with van der Waals surface area (Å²) in [4.78, 5) is 16.6. The lowest BCUT2D eigenvalue weighted by atomic mass is 10.1. The Balaban J connectivity index is 2.31. The molecule has 0 radical (unpaired) electrons. The van der Waals surface area contributed by atoms with Crippen molar-refractivity contribution in [3.05, 3.63) is 40.6 Å². The highest BCUT2D eigenvalue weighted by atomic mass is 127. The standard InChI is InChI=1S/C13H13IN5OP/c1-4-9-8-5-10(12-7(2)16-18(3)13(12)20)15-6-11(8)19(17-9)21-14/h4-6,16,21H,1H2,2-3H3. The van der Waals surface area contributed by atoms with Crippen molar-refractivity contribution in [2.24, 2.45) is 7.05 Å². The number of pyridine rings is 1. The molecule has 0 spiro atoms. The Hall–Kier alpha value is -1.47. The van der Waals surface area contributed by atoms with Gasteiger partial charge in [-0.25, -0.2) is 4.45 Å². The van der Waals surface area contributed by atoms with Gasteiger partial charge in [-0.2, -0.15) is 5.10 Å². The fraction of sp³-hybridized carbons (Fsp3) is 0.154. The molecule has 3 rings (SSSR count). The van der Waals surface area contributed by atoms with Crippen molar-refractivity contribution in [2.45, 2.75) is 6.92 Å². The number of nitrogens with one attached hydrogen (secondary N) is 1. The van der Waals surface area contributed by atoms with Crippen molar-refractivity contribution in [3.8, 4) is 11.3 Å². The fourth-order valence-electron chi connectivity index (χ4n) is 2.38. The first kappa shape index (κ1) is 14.5. The zero-order valence-electron chi connectivity index (χ0n) is 11.5. The van der Waals surface area contributed by atoms with E-state index in [-0.39, 0.29) is 5.56 Å². The van der Waals surface area contributed by atoms with Crippen molar-refractivity contribution < 1.29 is 0 Å². The molecule has 0 saturated heterocycles. The van der Waals surface area contributed by atoms with Crippen LogP contribution in [0.5, 0.6) is 0 Å². The third-order valence-corrected chi connectivity index (χ3v) is 5.23. The molecular formula is C13H13IN5OP. The Morgan fingerprint density at radius 1 is 1.52 bits per heavy atom. The number of hydrogen-bond acceptors (Lipinski definition) is 3. The average Bonchev–Trinajstić information content (AvgIpc) is 2.96. The van der Waals surface area contributed by atoms with E-state index in [1.807, 2.05) is 17.4 Å². The topological polar surface area (TPSA) is 68.5 Å². The third kappa shape index (κ3) is 2.24. The van der Waals surface area contributed by atoms with Crippen LogP contribution in [0.15, 0.2) is 23.6 Å². The molecule has 6 nitrogen and oxygen atoms in total. The average molecular weight is 413 g/mol. The molecule has 0 aromatic carbocycles. The first-order valence-electron chi connectivity index (χ1n) is 6.20. The molecule has 1 atom stereocenters. The number of nitrogens with zero attached hydrogens (tertiary/aromatic N) is 4. The van der Waals surface area contributed by atoms with Gasteiger partial charge in [0.2, 0.25) is 0 Å². The Morgan fingerprint density at radius 3 is 2.86 bits per heavy atom. The Bertz CT molecular complexity index is 907. The number of aryl methyl sites for hydroxylation is 2. The number of H-pyrrole nitrogens is 1. The molecule has 0 aliphatic carbocycles. The van der Waals surface area contributed by atoms with Crippen LogP contribution in [0.3, 0.4) is 0 Å². The quantitative estimate of drug-likeness (QED) is 0.531. The minimum atomic E-state index is -0.0809. The van der Waals surface area contributed by atoms with Crippen LogP contribution in [-0.4, -0.2) is 24.3 Å². The smallest absolute Gasteiger partial charge is 0.275 e. The van der Waals surface area contributed by atoms with E-state index in [0.717, 1.165) is 22.3 Å². The molecule has 21 heavy (non-hydrogen) atoms. The Kier molecular flexibility index (Phi) is 3.71. The largest absolute Gasteiger partial charge is 0.300 e. The summed E-state index contributed by atoms with van der Waals surface area (Å²) >= 11 is 2.27. The van der Waals surface area contributed by atoms with E-state index in [9.17, 15) is 4.79 Å². The molecule has 3 heterocycles. The van der Waals surface area contributed by atoms with Gasteiger partial charge in [-0.1, -0.05) is 6.58 Å². The van der Waals surface area contributed by atoms with Crippen LogP contribution in [0.25, 0.3) is 28.2 Å². The maximum Gasteiger partial charge on any atom is 0.275 e. The predicted molar refractivity (Wildman–Crippen MR) is 95.1 cm³/mol. The minimum absolute atomic E-state index is 0.0809. The van der Waals surface area contributed by atoms with Crippen LogP contribution in [0.1, 0.15) is 11.4 Å². The van der Waals surface area contributed by atoms with Crippen molar-refractivity contribution in [1.82, 2.24) is 24.3 Å². The summed E-state index contributed by atoms with van der Waals surface area (Å²) in [7, 11) is 1.70. The van der Waals surface area contributed by atoms with E-state index < -0.39 is 0 Å². The molecule has 1 unspecified atom stereocenters. The highest BCUT2D eigenvalue weighted by molar-refractivity contribution is 14.2. The van der Waals surface area contributed by atoms with Crippen LogP contribution in [-0.2, 0) is 7.05 Å². The minimum Gasteiger partial charge on any atom is -0.300 e. The van der Waals surface area contributed by atoms with Crippen LogP contribution >= 0.6 is 28.4 Å². The van der Waals surface area contributed by atoms with Crippen LogP contribution in [0.4, 0.5) is 0 Å². The lowest BCUT2D eigenvalue weighted by Gasteiger charge is -2.00. The molecule has 0 aliphatic rings. The molecule has 0 aliphatic heterocycles. The van der Waals surface area contributed by atoms with Crippen molar-refractivity contribution in [2.75, 3.05) is 0 Å². The molecule has 0 saturated carbocycles. The van der Waals surface area contributed by atoms with Crippen LogP contribution in [0, 0.1) is 6.92 Å². The van der Waals surface area contributed by atoms with Crippen LogP contribution in [0.2, 0.25) is 0 Å². The van der Waals surface area contributed by atoms with Gasteiger partial charge in [0.1, 0.15) is 0 Å². The molecular weight excluding hydrogens is 400 g/mol. The van der Waals surface area contributed by atoms with E-state index in [0.29, 0.717) is 17.6 Å². The highest BCUT2D eigenvalue weighted by Crippen LogP contribution is 2.32. The predicted octanol–water partition coefficient (Wildman–Crippen LogP) is 2.87. The summed E-state index contributed by atoms with van der Waals surface area (Å²) in [5.41, 5.74) is 3.73. The van der Waals surface area contributed by atoms with Gasteiger partial charge in [0, 0.05) is 18.1 Å². The number of aromatic nitrogens is 5. The van der Waals surface area contributed by atoms with Gasteiger partial charge in [-0.15, -0.1) is 0 Å². The van der Waals surface area contributed by atoms with E-state index in [1.54, 1.807) is 19.3 Å². The molecule has 108 valence electrons. The molecule has 0 bridgehead atoms. The summed E-state index contributed by atoms with van der Waals surface area (Å²) in [5.74, 6) is 0. The van der Waals surface area contributed by atoms with Gasteiger partial charge in [-0.05, 0) is 41.1 Å².